The fraction of sp³-hybridized carbons (Fsp3) is 0.600. The van der Waals surface area contributed by atoms with Gasteiger partial charge in [-0.1, -0.05) is 12.2 Å². The van der Waals surface area contributed by atoms with Gasteiger partial charge < -0.3 is 10.5 Å². The first-order chi connectivity index (χ1) is 8.73. The average molecular weight is 306 g/mol. The summed E-state index contributed by atoms with van der Waals surface area (Å²) in [4.78, 5) is 0.0873. The van der Waals surface area contributed by atoms with Crippen LogP contribution in [0, 0.1) is 0 Å². The molecule has 9 heteroatoms. The number of aryl methyl sites for hydroxylation is 1. The van der Waals surface area contributed by atoms with Gasteiger partial charge in [-0.15, -0.1) is 0 Å². The number of sulfonamides is 1. The molecule has 0 unspecified atom stereocenters. The minimum atomic E-state index is -3.53. The number of rotatable bonds is 7. The Morgan fingerprint density at radius 1 is 1.63 bits per heavy atom. The Morgan fingerprint density at radius 2 is 2.26 bits per heavy atom. The summed E-state index contributed by atoms with van der Waals surface area (Å²) in [7, 11) is -1.93. The van der Waals surface area contributed by atoms with E-state index in [9.17, 15) is 8.42 Å². The van der Waals surface area contributed by atoms with Gasteiger partial charge in [-0.2, -0.15) is 5.10 Å². The molecule has 0 saturated heterocycles. The molecule has 0 bridgehead atoms. The molecule has 0 aromatic carbocycles. The molecular weight excluding hydrogens is 288 g/mol. The minimum absolute atomic E-state index is 0.0147. The smallest absolute Gasteiger partial charge is 0.236 e. The Hall–Kier alpha value is -1.19. The molecule has 1 rings (SSSR count). The quantitative estimate of drug-likeness (QED) is 0.699. The van der Waals surface area contributed by atoms with E-state index in [1.165, 1.54) is 10.9 Å². The summed E-state index contributed by atoms with van der Waals surface area (Å²) in [5.74, 6) is 0.115. The highest BCUT2D eigenvalue weighted by Gasteiger charge is 2.18. The van der Waals surface area contributed by atoms with Gasteiger partial charge >= 0.3 is 0 Å². The van der Waals surface area contributed by atoms with E-state index in [1.54, 1.807) is 7.05 Å². The second kappa shape index (κ2) is 6.31. The lowest BCUT2D eigenvalue weighted by Crippen LogP contribution is -2.24. The summed E-state index contributed by atoms with van der Waals surface area (Å²) < 4.78 is 32.8. The van der Waals surface area contributed by atoms with E-state index in [2.05, 4.69) is 9.82 Å². The fourth-order valence-corrected chi connectivity index (χ4v) is 2.43. The van der Waals surface area contributed by atoms with Gasteiger partial charge in [-0.05, 0) is 13.8 Å². The van der Waals surface area contributed by atoms with Crippen molar-refractivity contribution in [1.82, 2.24) is 9.78 Å². The molecule has 7 nitrogen and oxygen atoms in total. The van der Waals surface area contributed by atoms with E-state index in [1.807, 2.05) is 13.8 Å². The third-order valence-corrected chi connectivity index (χ3v) is 3.69. The van der Waals surface area contributed by atoms with Crippen molar-refractivity contribution in [1.29, 1.82) is 0 Å². The highest BCUT2D eigenvalue weighted by Crippen LogP contribution is 2.15. The number of nitrogens with two attached hydrogens (primary N) is 1. The number of nitrogens with one attached hydrogen (secondary N) is 1. The summed E-state index contributed by atoms with van der Waals surface area (Å²) in [5, 5.41) is 3.92. The predicted octanol–water partition coefficient (Wildman–Crippen LogP) is 0.221. The third kappa shape index (κ3) is 4.77. The minimum Gasteiger partial charge on any atom is -0.389 e. The first-order valence-corrected chi connectivity index (χ1v) is 7.73. The molecule has 108 valence electrons. The lowest BCUT2D eigenvalue weighted by Gasteiger charge is -2.11. The summed E-state index contributed by atoms with van der Waals surface area (Å²) >= 11 is 4.84. The Kier molecular flexibility index (Phi) is 5.27. The maximum absolute atomic E-state index is 11.9. The normalized spacial score (nSPS) is 11.8. The molecular formula is C10H18N4O3S2. The number of hydrogen-bond acceptors (Lipinski definition) is 5. The number of ether oxygens (including phenoxy) is 1. The SMILES string of the molecule is CC(C)OCCS(=O)(=O)Nc1c(C(N)=S)cnn1C. The van der Waals surface area contributed by atoms with Crippen LogP contribution in [-0.4, -0.2) is 41.7 Å². The van der Waals surface area contributed by atoms with Crippen LogP contribution in [0.5, 0.6) is 0 Å². The Bertz CT molecular complexity index is 551. The summed E-state index contributed by atoms with van der Waals surface area (Å²) in [6, 6.07) is 0. The molecule has 0 aliphatic carbocycles. The highest BCUT2D eigenvalue weighted by molar-refractivity contribution is 7.92. The van der Waals surface area contributed by atoms with Crippen LogP contribution in [0.1, 0.15) is 19.4 Å². The molecule has 1 aromatic rings. The molecule has 0 aliphatic heterocycles. The number of thiocarbonyl (C=S) groups is 1. The number of hydrogen-bond donors (Lipinski definition) is 2. The highest BCUT2D eigenvalue weighted by atomic mass is 32.2. The molecule has 19 heavy (non-hydrogen) atoms. The van der Waals surface area contributed by atoms with E-state index in [-0.39, 0.29) is 29.3 Å². The lowest BCUT2D eigenvalue weighted by molar-refractivity contribution is 0.0913. The van der Waals surface area contributed by atoms with Crippen molar-refractivity contribution >= 4 is 33.0 Å². The van der Waals surface area contributed by atoms with Crippen LogP contribution in [0.4, 0.5) is 5.82 Å². The molecule has 3 N–H and O–H groups in total. The standard InChI is InChI=1S/C10H18N4O3S2/c1-7(2)17-4-5-19(15,16)13-10-8(9(11)18)6-12-14(10)3/h6-7,13H,4-5H2,1-3H3,(H2,11,18). The fourth-order valence-electron chi connectivity index (χ4n) is 1.33. The maximum Gasteiger partial charge on any atom is 0.236 e. The van der Waals surface area contributed by atoms with Gasteiger partial charge in [0.15, 0.2) is 0 Å². The molecule has 0 atom stereocenters. The second-order valence-corrected chi connectivity index (χ2v) is 6.52. The molecule has 1 aromatic heterocycles. The summed E-state index contributed by atoms with van der Waals surface area (Å²) in [5.41, 5.74) is 5.90. The van der Waals surface area contributed by atoms with Crippen molar-refractivity contribution in [2.45, 2.75) is 20.0 Å². The number of anilines is 1. The average Bonchev–Trinajstić information content (AvgIpc) is 2.59. The van der Waals surface area contributed by atoms with Crippen LogP contribution >= 0.6 is 12.2 Å². The first-order valence-electron chi connectivity index (χ1n) is 5.67. The van der Waals surface area contributed by atoms with Gasteiger partial charge in [0, 0.05) is 7.05 Å². The van der Waals surface area contributed by atoms with E-state index in [0.29, 0.717) is 5.56 Å². The van der Waals surface area contributed by atoms with E-state index in [4.69, 9.17) is 22.7 Å². The van der Waals surface area contributed by atoms with E-state index < -0.39 is 10.0 Å². The molecule has 0 radical (unpaired) electrons. The first kappa shape index (κ1) is 15.9. The topological polar surface area (TPSA) is 99.2 Å². The molecule has 0 spiro atoms. The predicted molar refractivity (Wildman–Crippen MR) is 77.6 cm³/mol. The Labute approximate surface area is 118 Å². The van der Waals surface area contributed by atoms with Crippen LogP contribution < -0.4 is 10.5 Å². The van der Waals surface area contributed by atoms with Crippen LogP contribution in [-0.2, 0) is 21.8 Å². The zero-order chi connectivity index (χ0) is 14.6. The third-order valence-electron chi connectivity index (χ3n) is 2.26. The van der Waals surface area contributed by atoms with E-state index >= 15 is 0 Å². The molecule has 1 heterocycles. The summed E-state index contributed by atoms with van der Waals surface area (Å²) in [6.45, 7) is 3.80. The Balaban J connectivity index is 2.78. The molecule has 0 saturated carbocycles. The zero-order valence-corrected chi connectivity index (χ0v) is 12.7. The van der Waals surface area contributed by atoms with Gasteiger partial charge in [0.25, 0.3) is 0 Å². The van der Waals surface area contributed by atoms with Crippen molar-refractivity contribution in [2.75, 3.05) is 17.1 Å². The van der Waals surface area contributed by atoms with Gasteiger partial charge in [-0.3, -0.25) is 9.40 Å². The molecule has 0 fully saturated rings. The molecule has 0 aliphatic rings. The zero-order valence-electron chi connectivity index (χ0n) is 11.1. The van der Waals surface area contributed by atoms with Gasteiger partial charge in [0.05, 0.1) is 30.2 Å². The van der Waals surface area contributed by atoms with Crippen molar-refractivity contribution in [3.8, 4) is 0 Å². The number of nitrogens with zero attached hydrogens (tertiary/aromatic N) is 2. The largest absolute Gasteiger partial charge is 0.389 e. The van der Waals surface area contributed by atoms with Crippen molar-refractivity contribution < 1.29 is 13.2 Å². The van der Waals surface area contributed by atoms with E-state index in [0.717, 1.165) is 0 Å². The molecule has 0 amide bonds. The van der Waals surface area contributed by atoms with Crippen molar-refractivity contribution in [2.24, 2.45) is 12.8 Å². The number of aromatic nitrogens is 2. The van der Waals surface area contributed by atoms with Crippen LogP contribution in [0.15, 0.2) is 6.20 Å². The van der Waals surface area contributed by atoms with Gasteiger partial charge in [0.2, 0.25) is 10.0 Å². The van der Waals surface area contributed by atoms with Crippen LogP contribution in [0.2, 0.25) is 0 Å². The summed E-state index contributed by atoms with van der Waals surface area (Å²) in [6.07, 6.45) is 1.41. The lowest BCUT2D eigenvalue weighted by atomic mass is 10.3. The Morgan fingerprint density at radius 3 is 2.79 bits per heavy atom. The second-order valence-electron chi connectivity index (χ2n) is 4.24. The van der Waals surface area contributed by atoms with Gasteiger partial charge in [0.1, 0.15) is 10.8 Å². The maximum atomic E-state index is 11.9. The van der Waals surface area contributed by atoms with Crippen LogP contribution in [0.3, 0.4) is 0 Å². The van der Waals surface area contributed by atoms with Crippen molar-refractivity contribution in [3.63, 3.8) is 0 Å². The monoisotopic (exact) mass is 306 g/mol. The van der Waals surface area contributed by atoms with Gasteiger partial charge in [-0.25, -0.2) is 8.42 Å². The van der Waals surface area contributed by atoms with Crippen LogP contribution in [0.25, 0.3) is 0 Å². The van der Waals surface area contributed by atoms with Crippen molar-refractivity contribution in [3.05, 3.63) is 11.8 Å².